The first kappa shape index (κ1) is 15.6. The fourth-order valence-corrected chi connectivity index (χ4v) is 2.26. The van der Waals surface area contributed by atoms with E-state index in [4.69, 9.17) is 5.11 Å². The Bertz CT molecular complexity index is 492. The Morgan fingerprint density at radius 3 is 2.47 bits per heavy atom. The number of amides is 1. The Morgan fingerprint density at radius 1 is 1.32 bits per heavy atom. The number of hydrogen-bond acceptors (Lipinski definition) is 3. The van der Waals surface area contributed by atoms with Crippen LogP contribution in [-0.4, -0.2) is 28.3 Å². The highest BCUT2D eigenvalue weighted by molar-refractivity contribution is 8.00. The lowest BCUT2D eigenvalue weighted by molar-refractivity contribution is -0.119. The summed E-state index contributed by atoms with van der Waals surface area (Å²) in [6, 6.07) is 5.19. The minimum atomic E-state index is -0.945. The van der Waals surface area contributed by atoms with Gasteiger partial charge >= 0.3 is 5.97 Å². The van der Waals surface area contributed by atoms with E-state index in [0.717, 1.165) is 10.5 Å². The summed E-state index contributed by atoms with van der Waals surface area (Å²) in [5, 5.41) is 11.9. The zero-order valence-electron chi connectivity index (χ0n) is 11.6. The molecule has 0 heterocycles. The molecular formula is C14H19NO3S. The lowest BCUT2D eigenvalue weighted by Crippen LogP contribution is -2.41. The molecule has 0 aliphatic rings. The molecule has 1 aromatic rings. The van der Waals surface area contributed by atoms with E-state index in [1.807, 2.05) is 26.8 Å². The van der Waals surface area contributed by atoms with E-state index in [2.05, 4.69) is 5.32 Å². The molecule has 0 bridgehead atoms. The lowest BCUT2D eigenvalue weighted by Gasteiger charge is -2.20. The third-order valence-corrected chi connectivity index (χ3v) is 3.32. The molecule has 0 aliphatic carbocycles. The van der Waals surface area contributed by atoms with Gasteiger partial charge in [0.15, 0.2) is 0 Å². The van der Waals surface area contributed by atoms with Crippen molar-refractivity contribution in [1.82, 2.24) is 5.32 Å². The maximum Gasteiger partial charge on any atom is 0.335 e. The van der Waals surface area contributed by atoms with Crippen LogP contribution < -0.4 is 5.32 Å². The first-order chi connectivity index (χ1) is 8.69. The fourth-order valence-electron chi connectivity index (χ4n) is 1.52. The van der Waals surface area contributed by atoms with Gasteiger partial charge in [-0.2, -0.15) is 0 Å². The van der Waals surface area contributed by atoms with Crippen molar-refractivity contribution in [3.63, 3.8) is 0 Å². The normalized spacial score (nSPS) is 11.2. The Hall–Kier alpha value is -1.49. The molecule has 4 nitrogen and oxygen atoms in total. The standard InChI is InChI=1S/C14H19NO3S/c1-9-5-6-10(7-11(9)13(17)18)19-8-12(16)15-14(2,3)4/h5-7H,8H2,1-4H3,(H,15,16)(H,17,18). The molecular weight excluding hydrogens is 262 g/mol. The highest BCUT2D eigenvalue weighted by Crippen LogP contribution is 2.21. The quantitative estimate of drug-likeness (QED) is 0.833. The number of aryl methyl sites for hydroxylation is 1. The molecule has 0 radical (unpaired) electrons. The molecule has 0 atom stereocenters. The summed E-state index contributed by atoms with van der Waals surface area (Å²) in [6.45, 7) is 7.52. The van der Waals surface area contributed by atoms with E-state index in [9.17, 15) is 9.59 Å². The SMILES string of the molecule is Cc1ccc(SCC(=O)NC(C)(C)C)cc1C(=O)O. The number of carbonyl (C=O) groups is 2. The second-order valence-electron chi connectivity index (χ2n) is 5.37. The summed E-state index contributed by atoms with van der Waals surface area (Å²) in [5.41, 5.74) is 0.745. The fraction of sp³-hybridized carbons (Fsp3) is 0.429. The molecule has 0 fully saturated rings. The third-order valence-electron chi connectivity index (χ3n) is 2.32. The van der Waals surface area contributed by atoms with Crippen LogP contribution in [0.25, 0.3) is 0 Å². The van der Waals surface area contributed by atoms with Gasteiger partial charge in [0.25, 0.3) is 0 Å². The Balaban J connectivity index is 2.66. The van der Waals surface area contributed by atoms with Gasteiger partial charge in [-0.15, -0.1) is 11.8 Å². The molecule has 19 heavy (non-hydrogen) atoms. The summed E-state index contributed by atoms with van der Waals surface area (Å²) in [7, 11) is 0. The number of carbonyl (C=O) groups excluding carboxylic acids is 1. The number of rotatable bonds is 4. The number of nitrogens with one attached hydrogen (secondary N) is 1. The first-order valence-corrected chi connectivity index (χ1v) is 6.95. The lowest BCUT2D eigenvalue weighted by atomic mass is 10.1. The van der Waals surface area contributed by atoms with E-state index in [1.165, 1.54) is 11.8 Å². The van der Waals surface area contributed by atoms with Gasteiger partial charge in [-0.05, 0) is 45.4 Å². The number of aromatic carboxylic acids is 1. The van der Waals surface area contributed by atoms with E-state index in [0.29, 0.717) is 0 Å². The highest BCUT2D eigenvalue weighted by Gasteiger charge is 2.14. The van der Waals surface area contributed by atoms with E-state index in [-0.39, 0.29) is 22.8 Å². The smallest absolute Gasteiger partial charge is 0.335 e. The molecule has 0 saturated heterocycles. The van der Waals surface area contributed by atoms with Crippen LogP contribution in [0.2, 0.25) is 0 Å². The average molecular weight is 281 g/mol. The summed E-state index contributed by atoms with van der Waals surface area (Å²) in [4.78, 5) is 23.5. The summed E-state index contributed by atoms with van der Waals surface area (Å²) < 4.78 is 0. The molecule has 104 valence electrons. The van der Waals surface area contributed by atoms with Gasteiger partial charge < -0.3 is 10.4 Å². The van der Waals surface area contributed by atoms with E-state index < -0.39 is 5.97 Å². The third kappa shape index (κ3) is 5.34. The maximum absolute atomic E-state index is 11.7. The molecule has 1 amide bonds. The van der Waals surface area contributed by atoms with Gasteiger partial charge in [0, 0.05) is 10.4 Å². The predicted octanol–water partition coefficient (Wildman–Crippen LogP) is 2.70. The molecule has 5 heteroatoms. The van der Waals surface area contributed by atoms with Crippen LogP contribution in [0.4, 0.5) is 0 Å². The number of thioether (sulfide) groups is 1. The minimum Gasteiger partial charge on any atom is -0.478 e. The van der Waals surface area contributed by atoms with Gasteiger partial charge in [-0.25, -0.2) is 4.79 Å². The topological polar surface area (TPSA) is 66.4 Å². The molecule has 0 aliphatic heterocycles. The zero-order chi connectivity index (χ0) is 14.6. The van der Waals surface area contributed by atoms with Gasteiger partial charge in [-0.1, -0.05) is 6.07 Å². The highest BCUT2D eigenvalue weighted by atomic mass is 32.2. The van der Waals surface area contributed by atoms with Gasteiger partial charge in [0.05, 0.1) is 11.3 Å². The van der Waals surface area contributed by atoms with Crippen LogP contribution in [0.15, 0.2) is 23.1 Å². The molecule has 2 N–H and O–H groups in total. The van der Waals surface area contributed by atoms with E-state index in [1.54, 1.807) is 19.1 Å². The molecule has 0 saturated carbocycles. The average Bonchev–Trinajstić information content (AvgIpc) is 2.25. The van der Waals surface area contributed by atoms with Crippen molar-refractivity contribution in [1.29, 1.82) is 0 Å². The second-order valence-corrected chi connectivity index (χ2v) is 6.42. The van der Waals surface area contributed by atoms with Crippen LogP contribution in [-0.2, 0) is 4.79 Å². The van der Waals surface area contributed by atoms with Crippen LogP contribution in [0, 0.1) is 6.92 Å². The number of hydrogen-bond donors (Lipinski definition) is 2. The van der Waals surface area contributed by atoms with Crippen molar-refractivity contribution in [2.45, 2.75) is 38.1 Å². The summed E-state index contributed by atoms with van der Waals surface area (Å²) in [5.74, 6) is -0.728. The van der Waals surface area contributed by atoms with Crippen molar-refractivity contribution in [2.24, 2.45) is 0 Å². The van der Waals surface area contributed by atoms with Crippen molar-refractivity contribution < 1.29 is 14.7 Å². The molecule has 1 rings (SSSR count). The largest absolute Gasteiger partial charge is 0.478 e. The summed E-state index contributed by atoms with van der Waals surface area (Å²) >= 11 is 1.33. The van der Waals surface area contributed by atoms with E-state index >= 15 is 0 Å². The summed E-state index contributed by atoms with van der Waals surface area (Å²) in [6.07, 6.45) is 0. The first-order valence-electron chi connectivity index (χ1n) is 5.97. The molecule has 1 aromatic carbocycles. The zero-order valence-corrected chi connectivity index (χ0v) is 12.4. The molecule has 0 aromatic heterocycles. The Morgan fingerprint density at radius 2 is 1.95 bits per heavy atom. The van der Waals surface area contributed by atoms with Gasteiger partial charge in [0.1, 0.15) is 0 Å². The van der Waals surface area contributed by atoms with Crippen LogP contribution in [0.1, 0.15) is 36.7 Å². The van der Waals surface area contributed by atoms with Gasteiger partial charge in [-0.3, -0.25) is 4.79 Å². The van der Waals surface area contributed by atoms with Crippen molar-refractivity contribution >= 4 is 23.6 Å². The monoisotopic (exact) mass is 281 g/mol. The minimum absolute atomic E-state index is 0.0602. The predicted molar refractivity (Wildman–Crippen MR) is 76.8 cm³/mol. The van der Waals surface area contributed by atoms with Crippen LogP contribution in [0.5, 0.6) is 0 Å². The van der Waals surface area contributed by atoms with Crippen molar-refractivity contribution in [2.75, 3.05) is 5.75 Å². The Kier molecular flexibility index (Phi) is 5.00. The number of benzene rings is 1. The van der Waals surface area contributed by atoms with Crippen molar-refractivity contribution in [3.8, 4) is 0 Å². The maximum atomic E-state index is 11.7. The molecule has 0 unspecified atom stereocenters. The Labute approximate surface area is 117 Å². The van der Waals surface area contributed by atoms with Crippen molar-refractivity contribution in [3.05, 3.63) is 29.3 Å². The number of carboxylic acids is 1. The van der Waals surface area contributed by atoms with Gasteiger partial charge in [0.2, 0.25) is 5.91 Å². The molecule has 0 spiro atoms. The van der Waals surface area contributed by atoms with Crippen LogP contribution >= 0.6 is 11.8 Å². The second kappa shape index (κ2) is 6.10. The number of carboxylic acid groups (broad SMARTS) is 1. The van der Waals surface area contributed by atoms with Crippen LogP contribution in [0.3, 0.4) is 0 Å².